The number of aromatic nitrogens is 4. The van der Waals surface area contributed by atoms with E-state index in [1.165, 1.54) is 46.6 Å². The first-order valence-electron chi connectivity index (χ1n) is 10.4. The number of anilines is 1. The molecule has 34 heavy (non-hydrogen) atoms. The van der Waals surface area contributed by atoms with Gasteiger partial charge >= 0.3 is 0 Å². The number of amides is 1. The average Bonchev–Trinajstić information content (AvgIpc) is 3.29. The van der Waals surface area contributed by atoms with E-state index >= 15 is 0 Å². The van der Waals surface area contributed by atoms with Crippen LogP contribution in [0.15, 0.2) is 94.6 Å². The SMILES string of the molecule is O=C(Nc1ccccc1SCc1cc(=O)n2[nH]c(-c3ccccc3)nc2n1)c1ccc(F)cc1. The van der Waals surface area contributed by atoms with Crippen LogP contribution >= 0.6 is 11.8 Å². The van der Waals surface area contributed by atoms with Crippen molar-refractivity contribution in [3.05, 3.63) is 112 Å². The molecule has 168 valence electrons. The molecule has 0 bridgehead atoms. The monoisotopic (exact) mass is 471 g/mol. The first kappa shape index (κ1) is 21.6. The second kappa shape index (κ2) is 9.32. The Morgan fingerprint density at radius 3 is 2.50 bits per heavy atom. The Bertz CT molecular complexity index is 1530. The van der Waals surface area contributed by atoms with Crippen LogP contribution in [0.25, 0.3) is 17.2 Å². The van der Waals surface area contributed by atoms with E-state index in [-0.39, 0.29) is 11.5 Å². The minimum Gasteiger partial charge on any atom is -0.321 e. The lowest BCUT2D eigenvalue weighted by Gasteiger charge is -2.10. The van der Waals surface area contributed by atoms with Gasteiger partial charge in [0.15, 0.2) is 5.82 Å². The Kier molecular flexibility index (Phi) is 5.92. The molecule has 0 aliphatic rings. The van der Waals surface area contributed by atoms with Crippen molar-refractivity contribution in [1.82, 2.24) is 19.6 Å². The van der Waals surface area contributed by atoms with Gasteiger partial charge in [-0.15, -0.1) is 11.8 Å². The Balaban J connectivity index is 1.35. The van der Waals surface area contributed by atoms with Gasteiger partial charge < -0.3 is 5.32 Å². The highest BCUT2D eigenvalue weighted by Gasteiger charge is 2.12. The van der Waals surface area contributed by atoms with Gasteiger partial charge in [-0.25, -0.2) is 9.37 Å². The second-order valence-corrected chi connectivity index (χ2v) is 8.42. The normalized spacial score (nSPS) is 11.0. The summed E-state index contributed by atoms with van der Waals surface area (Å²) >= 11 is 1.44. The molecule has 2 aromatic heterocycles. The molecule has 0 unspecified atom stereocenters. The fourth-order valence-electron chi connectivity index (χ4n) is 3.37. The number of thioether (sulfide) groups is 1. The largest absolute Gasteiger partial charge is 0.321 e. The number of hydrogen-bond acceptors (Lipinski definition) is 5. The van der Waals surface area contributed by atoms with Gasteiger partial charge in [-0.3, -0.25) is 14.7 Å². The molecular weight excluding hydrogens is 453 g/mol. The van der Waals surface area contributed by atoms with E-state index in [1.807, 2.05) is 48.5 Å². The standard InChI is InChI=1S/C25H18FN5O2S/c26-18-12-10-17(11-13-18)24(33)28-20-8-4-5-9-21(20)34-15-19-14-22(32)31-25(27-19)29-23(30-31)16-6-2-1-3-7-16/h1-14H,15H2,(H,28,33)(H,27,29,30). The van der Waals surface area contributed by atoms with Crippen molar-refractivity contribution in [3.63, 3.8) is 0 Å². The Morgan fingerprint density at radius 1 is 0.971 bits per heavy atom. The molecule has 0 aliphatic heterocycles. The van der Waals surface area contributed by atoms with E-state index in [9.17, 15) is 14.0 Å². The molecule has 1 amide bonds. The van der Waals surface area contributed by atoms with E-state index in [4.69, 9.17) is 0 Å². The quantitative estimate of drug-likeness (QED) is 0.348. The third-order valence-corrected chi connectivity index (χ3v) is 6.16. The van der Waals surface area contributed by atoms with Gasteiger partial charge in [0.2, 0.25) is 0 Å². The molecule has 9 heteroatoms. The highest BCUT2D eigenvalue weighted by Crippen LogP contribution is 2.29. The zero-order valence-corrected chi connectivity index (χ0v) is 18.6. The van der Waals surface area contributed by atoms with E-state index in [0.29, 0.717) is 34.3 Å². The number of benzene rings is 3. The predicted molar refractivity (Wildman–Crippen MR) is 129 cm³/mol. The van der Waals surface area contributed by atoms with Crippen molar-refractivity contribution in [2.24, 2.45) is 0 Å². The number of para-hydroxylation sites is 1. The molecule has 0 saturated heterocycles. The number of hydrogen-bond donors (Lipinski definition) is 2. The van der Waals surface area contributed by atoms with Crippen molar-refractivity contribution in [2.45, 2.75) is 10.6 Å². The lowest BCUT2D eigenvalue weighted by atomic mass is 10.2. The number of H-pyrrole nitrogens is 1. The van der Waals surface area contributed by atoms with Crippen molar-refractivity contribution in [3.8, 4) is 11.4 Å². The van der Waals surface area contributed by atoms with E-state index in [0.717, 1.165) is 10.5 Å². The minimum atomic E-state index is -0.402. The molecular formula is C25H18FN5O2S. The Morgan fingerprint density at radius 2 is 1.71 bits per heavy atom. The summed E-state index contributed by atoms with van der Waals surface area (Å²) in [5.41, 5.74) is 2.14. The average molecular weight is 472 g/mol. The van der Waals surface area contributed by atoms with Crippen molar-refractivity contribution < 1.29 is 9.18 Å². The fourth-order valence-corrected chi connectivity index (χ4v) is 4.27. The van der Waals surface area contributed by atoms with E-state index in [1.54, 1.807) is 6.07 Å². The van der Waals surface area contributed by atoms with Gasteiger partial charge in [-0.2, -0.15) is 9.50 Å². The van der Waals surface area contributed by atoms with Crippen LogP contribution in [0, 0.1) is 5.82 Å². The summed E-state index contributed by atoms with van der Waals surface area (Å²) in [6.07, 6.45) is 0. The van der Waals surface area contributed by atoms with Gasteiger partial charge in [-0.05, 0) is 36.4 Å². The highest BCUT2D eigenvalue weighted by molar-refractivity contribution is 7.98. The number of rotatable bonds is 6. The lowest BCUT2D eigenvalue weighted by molar-refractivity contribution is 0.102. The van der Waals surface area contributed by atoms with Gasteiger partial charge in [-0.1, -0.05) is 42.5 Å². The number of aromatic amines is 1. The van der Waals surface area contributed by atoms with Crippen LogP contribution < -0.4 is 10.9 Å². The number of carbonyl (C=O) groups is 1. The summed E-state index contributed by atoms with van der Waals surface area (Å²) in [5, 5.41) is 5.84. The molecule has 5 rings (SSSR count). The van der Waals surface area contributed by atoms with Crippen LogP contribution in [-0.4, -0.2) is 25.5 Å². The Hall–Kier alpha value is -4.24. The molecule has 7 nitrogen and oxygen atoms in total. The van der Waals surface area contributed by atoms with Crippen LogP contribution in [0.3, 0.4) is 0 Å². The fraction of sp³-hybridized carbons (Fsp3) is 0.0400. The maximum absolute atomic E-state index is 13.1. The lowest BCUT2D eigenvalue weighted by Crippen LogP contribution is -2.15. The molecule has 0 spiro atoms. The Labute approximate surface area is 197 Å². The number of fused-ring (bicyclic) bond motifs is 1. The third-order valence-electron chi connectivity index (χ3n) is 5.05. The summed E-state index contributed by atoms with van der Waals surface area (Å²) < 4.78 is 14.5. The zero-order valence-electron chi connectivity index (χ0n) is 17.7. The number of carbonyl (C=O) groups excluding carboxylic acids is 1. The summed E-state index contributed by atoms with van der Waals surface area (Å²) in [4.78, 5) is 35.0. The van der Waals surface area contributed by atoms with Crippen LogP contribution in [0.5, 0.6) is 0 Å². The maximum Gasteiger partial charge on any atom is 0.274 e. The third kappa shape index (κ3) is 4.60. The molecule has 2 N–H and O–H groups in total. The smallest absolute Gasteiger partial charge is 0.274 e. The zero-order chi connectivity index (χ0) is 23.5. The minimum absolute atomic E-state index is 0.256. The summed E-state index contributed by atoms with van der Waals surface area (Å²) in [5.74, 6) is 0.517. The van der Waals surface area contributed by atoms with Crippen LogP contribution in [0.2, 0.25) is 0 Å². The van der Waals surface area contributed by atoms with Gasteiger partial charge in [0.05, 0.1) is 11.4 Å². The van der Waals surface area contributed by atoms with Crippen molar-refractivity contribution in [2.75, 3.05) is 5.32 Å². The maximum atomic E-state index is 13.1. The number of halogens is 1. The van der Waals surface area contributed by atoms with E-state index < -0.39 is 5.82 Å². The van der Waals surface area contributed by atoms with Crippen LogP contribution in [0.1, 0.15) is 16.1 Å². The molecule has 0 fully saturated rings. The van der Waals surface area contributed by atoms with Crippen LogP contribution in [-0.2, 0) is 5.75 Å². The molecule has 3 aromatic carbocycles. The van der Waals surface area contributed by atoms with Gasteiger partial charge in [0, 0.05) is 27.8 Å². The second-order valence-electron chi connectivity index (χ2n) is 7.41. The van der Waals surface area contributed by atoms with Crippen molar-refractivity contribution in [1.29, 1.82) is 0 Å². The van der Waals surface area contributed by atoms with Crippen LogP contribution in [0.4, 0.5) is 10.1 Å². The summed E-state index contributed by atoms with van der Waals surface area (Å²) in [6, 6.07) is 23.7. The molecule has 2 heterocycles. The molecule has 0 atom stereocenters. The van der Waals surface area contributed by atoms with Gasteiger partial charge in [0.25, 0.3) is 17.2 Å². The predicted octanol–water partition coefficient (Wildman–Crippen LogP) is 4.77. The first-order chi connectivity index (χ1) is 16.6. The van der Waals surface area contributed by atoms with Gasteiger partial charge in [0.1, 0.15) is 5.82 Å². The number of nitrogens with one attached hydrogen (secondary N) is 2. The first-order valence-corrected chi connectivity index (χ1v) is 11.4. The topological polar surface area (TPSA) is 92.2 Å². The summed E-state index contributed by atoms with van der Waals surface area (Å²) in [7, 11) is 0. The molecule has 0 aliphatic carbocycles. The van der Waals surface area contributed by atoms with E-state index in [2.05, 4.69) is 20.4 Å². The molecule has 0 saturated carbocycles. The molecule has 5 aromatic rings. The molecule has 0 radical (unpaired) electrons. The van der Waals surface area contributed by atoms with Crippen molar-refractivity contribution >= 4 is 29.1 Å². The highest BCUT2D eigenvalue weighted by atomic mass is 32.2. The summed E-state index contributed by atoms with van der Waals surface area (Å²) in [6.45, 7) is 0. The number of nitrogens with zero attached hydrogens (tertiary/aromatic N) is 3.